The van der Waals surface area contributed by atoms with E-state index in [1.165, 1.54) is 0 Å². The maximum Gasteiger partial charge on any atom is 0.132 e. The van der Waals surface area contributed by atoms with Crippen LogP contribution >= 0.6 is 11.6 Å². The molecule has 1 rings (SSSR count). The zero-order valence-corrected chi connectivity index (χ0v) is 9.31. The number of aliphatic hydroxyl groups is 1. The SMILES string of the molecule is CC.Cc1cc(CO)nc(Cl)c1C. The molecule has 0 aromatic carbocycles. The molecule has 1 heterocycles. The molecule has 0 amide bonds. The Balaban J connectivity index is 0.000000671. The molecule has 0 aliphatic carbocycles. The number of halogens is 1. The number of hydrogen-bond acceptors (Lipinski definition) is 2. The van der Waals surface area contributed by atoms with Crippen molar-refractivity contribution in [3.05, 3.63) is 28.0 Å². The van der Waals surface area contributed by atoms with Gasteiger partial charge in [0.25, 0.3) is 0 Å². The third kappa shape index (κ3) is 3.33. The standard InChI is InChI=1S/C8H10ClNO.C2H6/c1-5-3-7(4-11)10-8(9)6(5)2;1-2/h3,11H,4H2,1-2H3;1-2H3. The highest BCUT2D eigenvalue weighted by atomic mass is 35.5. The fraction of sp³-hybridized carbons (Fsp3) is 0.500. The molecule has 2 nitrogen and oxygen atoms in total. The molecule has 13 heavy (non-hydrogen) atoms. The van der Waals surface area contributed by atoms with Crippen LogP contribution in [0.5, 0.6) is 0 Å². The summed E-state index contributed by atoms with van der Waals surface area (Å²) < 4.78 is 0. The van der Waals surface area contributed by atoms with Crippen molar-refractivity contribution >= 4 is 11.6 Å². The summed E-state index contributed by atoms with van der Waals surface area (Å²) in [5.41, 5.74) is 2.66. The van der Waals surface area contributed by atoms with Crippen molar-refractivity contribution in [3.63, 3.8) is 0 Å². The van der Waals surface area contributed by atoms with Crippen LogP contribution in [0.4, 0.5) is 0 Å². The fourth-order valence-corrected chi connectivity index (χ4v) is 1.10. The number of aryl methyl sites for hydroxylation is 1. The van der Waals surface area contributed by atoms with Gasteiger partial charge in [-0.15, -0.1) is 0 Å². The van der Waals surface area contributed by atoms with Gasteiger partial charge in [0, 0.05) is 0 Å². The molecule has 0 aliphatic rings. The minimum atomic E-state index is -0.0547. The third-order valence-corrected chi connectivity index (χ3v) is 2.06. The van der Waals surface area contributed by atoms with E-state index < -0.39 is 0 Å². The minimum absolute atomic E-state index is 0.0547. The lowest BCUT2D eigenvalue weighted by molar-refractivity contribution is 0.277. The normalized spacial score (nSPS) is 9.08. The van der Waals surface area contributed by atoms with Crippen LogP contribution in [0.2, 0.25) is 5.15 Å². The molecule has 0 aliphatic heterocycles. The Morgan fingerprint density at radius 2 is 1.92 bits per heavy atom. The van der Waals surface area contributed by atoms with Gasteiger partial charge < -0.3 is 5.11 Å². The Kier molecular flexibility index (Phi) is 5.67. The highest BCUT2D eigenvalue weighted by Gasteiger charge is 2.02. The molecule has 1 aromatic rings. The van der Waals surface area contributed by atoms with Crippen molar-refractivity contribution in [2.24, 2.45) is 0 Å². The predicted octanol–water partition coefficient (Wildman–Crippen LogP) is 2.87. The summed E-state index contributed by atoms with van der Waals surface area (Å²) in [5.74, 6) is 0. The smallest absolute Gasteiger partial charge is 0.132 e. The van der Waals surface area contributed by atoms with E-state index in [4.69, 9.17) is 16.7 Å². The Morgan fingerprint density at radius 1 is 1.38 bits per heavy atom. The Morgan fingerprint density at radius 3 is 2.31 bits per heavy atom. The van der Waals surface area contributed by atoms with Crippen LogP contribution in [0, 0.1) is 13.8 Å². The number of pyridine rings is 1. The van der Waals surface area contributed by atoms with Gasteiger partial charge in [0.05, 0.1) is 12.3 Å². The number of aromatic nitrogens is 1. The average molecular weight is 202 g/mol. The van der Waals surface area contributed by atoms with Gasteiger partial charge in [-0.3, -0.25) is 0 Å². The summed E-state index contributed by atoms with van der Waals surface area (Å²) in [6.07, 6.45) is 0. The van der Waals surface area contributed by atoms with Crippen LogP contribution in [-0.2, 0) is 6.61 Å². The molecule has 3 heteroatoms. The Labute approximate surface area is 84.6 Å². The van der Waals surface area contributed by atoms with Crippen LogP contribution in [-0.4, -0.2) is 10.1 Å². The van der Waals surface area contributed by atoms with Gasteiger partial charge in [0.15, 0.2) is 0 Å². The van der Waals surface area contributed by atoms with E-state index in [-0.39, 0.29) is 6.61 Å². The molecule has 74 valence electrons. The second kappa shape index (κ2) is 5.95. The van der Waals surface area contributed by atoms with Gasteiger partial charge in [0.2, 0.25) is 0 Å². The van der Waals surface area contributed by atoms with Gasteiger partial charge >= 0.3 is 0 Å². The summed E-state index contributed by atoms with van der Waals surface area (Å²) in [6, 6.07) is 1.83. The molecule has 0 saturated heterocycles. The first-order valence-corrected chi connectivity index (χ1v) is 4.76. The Bertz CT molecular complexity index is 251. The molecule has 0 fully saturated rings. The van der Waals surface area contributed by atoms with E-state index in [0.717, 1.165) is 11.1 Å². The lowest BCUT2D eigenvalue weighted by Gasteiger charge is -2.03. The van der Waals surface area contributed by atoms with Gasteiger partial charge in [-0.1, -0.05) is 25.4 Å². The van der Waals surface area contributed by atoms with Crippen molar-refractivity contribution in [1.29, 1.82) is 0 Å². The summed E-state index contributed by atoms with van der Waals surface area (Å²) in [4.78, 5) is 3.97. The molecule has 0 saturated carbocycles. The van der Waals surface area contributed by atoms with E-state index in [1.54, 1.807) is 0 Å². The van der Waals surface area contributed by atoms with E-state index in [0.29, 0.717) is 10.8 Å². The molecule has 1 aromatic heterocycles. The highest BCUT2D eigenvalue weighted by molar-refractivity contribution is 6.30. The zero-order chi connectivity index (χ0) is 10.4. The first-order valence-electron chi connectivity index (χ1n) is 4.38. The van der Waals surface area contributed by atoms with Crippen LogP contribution < -0.4 is 0 Å². The second-order valence-electron chi connectivity index (χ2n) is 2.50. The molecular weight excluding hydrogens is 186 g/mol. The van der Waals surface area contributed by atoms with Crippen molar-refractivity contribution < 1.29 is 5.11 Å². The molecule has 0 radical (unpaired) electrons. The molecular formula is C10H16ClNO. The predicted molar refractivity (Wildman–Crippen MR) is 56.0 cm³/mol. The van der Waals surface area contributed by atoms with Gasteiger partial charge in [-0.25, -0.2) is 4.98 Å². The summed E-state index contributed by atoms with van der Waals surface area (Å²) >= 11 is 5.78. The number of aliphatic hydroxyl groups excluding tert-OH is 1. The van der Waals surface area contributed by atoms with E-state index in [2.05, 4.69) is 4.98 Å². The zero-order valence-electron chi connectivity index (χ0n) is 8.56. The van der Waals surface area contributed by atoms with Crippen molar-refractivity contribution in [1.82, 2.24) is 4.98 Å². The second-order valence-corrected chi connectivity index (χ2v) is 2.86. The quantitative estimate of drug-likeness (QED) is 0.709. The van der Waals surface area contributed by atoms with Crippen LogP contribution in [0.3, 0.4) is 0 Å². The molecule has 0 unspecified atom stereocenters. The number of hydrogen-bond donors (Lipinski definition) is 1. The first kappa shape index (κ1) is 12.4. The fourth-order valence-electron chi connectivity index (χ4n) is 0.844. The van der Waals surface area contributed by atoms with Gasteiger partial charge in [-0.2, -0.15) is 0 Å². The molecule has 0 atom stereocenters. The third-order valence-electron chi connectivity index (χ3n) is 1.69. The summed E-state index contributed by atoms with van der Waals surface area (Å²) in [5, 5.41) is 9.24. The van der Waals surface area contributed by atoms with Crippen LogP contribution in [0.15, 0.2) is 6.07 Å². The molecule has 0 bridgehead atoms. The number of rotatable bonds is 1. The van der Waals surface area contributed by atoms with Crippen molar-refractivity contribution in [3.8, 4) is 0 Å². The van der Waals surface area contributed by atoms with Crippen molar-refractivity contribution in [2.45, 2.75) is 34.3 Å². The van der Waals surface area contributed by atoms with E-state index in [9.17, 15) is 0 Å². The summed E-state index contributed by atoms with van der Waals surface area (Å²) in [6.45, 7) is 7.80. The molecule has 0 spiro atoms. The largest absolute Gasteiger partial charge is 0.390 e. The monoisotopic (exact) mass is 201 g/mol. The topological polar surface area (TPSA) is 33.1 Å². The summed E-state index contributed by atoms with van der Waals surface area (Å²) in [7, 11) is 0. The number of nitrogens with zero attached hydrogens (tertiary/aromatic N) is 1. The van der Waals surface area contributed by atoms with Crippen LogP contribution in [0.1, 0.15) is 30.7 Å². The Hall–Kier alpha value is -0.600. The van der Waals surface area contributed by atoms with Crippen LogP contribution in [0.25, 0.3) is 0 Å². The van der Waals surface area contributed by atoms with Gasteiger partial charge in [0.1, 0.15) is 5.15 Å². The maximum absolute atomic E-state index is 8.76. The van der Waals surface area contributed by atoms with E-state index >= 15 is 0 Å². The average Bonchev–Trinajstić information content (AvgIpc) is 2.16. The lowest BCUT2D eigenvalue weighted by atomic mass is 10.1. The first-order chi connectivity index (χ1) is 6.15. The highest BCUT2D eigenvalue weighted by Crippen LogP contribution is 2.16. The van der Waals surface area contributed by atoms with Gasteiger partial charge in [-0.05, 0) is 31.0 Å². The molecule has 1 N–H and O–H groups in total. The minimum Gasteiger partial charge on any atom is -0.390 e. The van der Waals surface area contributed by atoms with Crippen molar-refractivity contribution in [2.75, 3.05) is 0 Å². The maximum atomic E-state index is 8.76. The van der Waals surface area contributed by atoms with E-state index in [1.807, 2.05) is 33.8 Å². The lowest BCUT2D eigenvalue weighted by Crippen LogP contribution is -1.94.